The van der Waals surface area contributed by atoms with Gasteiger partial charge in [0.1, 0.15) is 0 Å². The van der Waals surface area contributed by atoms with Crippen LogP contribution in [0.1, 0.15) is 27.2 Å². The molecule has 2 N–H and O–H groups in total. The van der Waals surface area contributed by atoms with E-state index in [0.717, 1.165) is 9.80 Å². The van der Waals surface area contributed by atoms with E-state index in [1.165, 1.54) is 49.6 Å². The van der Waals surface area contributed by atoms with Crippen molar-refractivity contribution in [3.63, 3.8) is 0 Å². The van der Waals surface area contributed by atoms with Crippen molar-refractivity contribution in [2.24, 2.45) is 0 Å². The van der Waals surface area contributed by atoms with E-state index in [0.29, 0.717) is 11.2 Å². The zero-order valence-electron chi connectivity index (χ0n) is 19.6. The van der Waals surface area contributed by atoms with E-state index in [2.05, 4.69) is 15.0 Å². The molecule has 2 amide bonds. The summed E-state index contributed by atoms with van der Waals surface area (Å²) < 4.78 is 46.0. The number of fused-ring (bicyclic) bond motifs is 2. The molecular weight excluding hydrogens is 507 g/mol. The number of carboxylic acid groups (broad SMARTS) is 1. The molecule has 38 heavy (non-hydrogen) atoms. The fourth-order valence-corrected chi connectivity index (χ4v) is 4.36. The number of ether oxygens (including phenoxy) is 1. The van der Waals surface area contributed by atoms with Gasteiger partial charge in [-0.2, -0.15) is 13.2 Å². The lowest BCUT2D eigenvalue weighted by Crippen LogP contribution is -2.49. The third kappa shape index (κ3) is 3.97. The van der Waals surface area contributed by atoms with E-state index in [-0.39, 0.29) is 34.7 Å². The van der Waals surface area contributed by atoms with Crippen molar-refractivity contribution in [1.29, 1.82) is 0 Å². The molecule has 5 rings (SSSR count). The number of benzene rings is 2. The number of rotatable bonds is 5. The number of aromatic nitrogens is 3. The number of amides is 2. The van der Waals surface area contributed by atoms with Gasteiger partial charge in [-0.1, -0.05) is 30.3 Å². The summed E-state index contributed by atoms with van der Waals surface area (Å²) in [7, 11) is 1.26. The van der Waals surface area contributed by atoms with Crippen LogP contribution in [0.25, 0.3) is 11.0 Å². The maximum atomic E-state index is 13.6. The number of hydrogen-bond donors (Lipinski definition) is 2. The molecule has 10 nitrogen and oxygen atoms in total. The summed E-state index contributed by atoms with van der Waals surface area (Å²) >= 11 is 0. The maximum Gasteiger partial charge on any atom is 0.491 e. The molecule has 0 saturated carbocycles. The van der Waals surface area contributed by atoms with E-state index in [9.17, 15) is 32.7 Å². The van der Waals surface area contributed by atoms with Gasteiger partial charge in [-0.15, -0.1) is 0 Å². The summed E-state index contributed by atoms with van der Waals surface area (Å²) in [5.41, 5.74) is -1.37. The Morgan fingerprint density at radius 3 is 2.55 bits per heavy atom. The summed E-state index contributed by atoms with van der Waals surface area (Å²) in [5.74, 6) is -3.21. The molecule has 13 heteroatoms. The molecule has 0 fully saturated rings. The van der Waals surface area contributed by atoms with Crippen LogP contribution in [0.5, 0.6) is 0 Å². The molecule has 194 valence electrons. The highest BCUT2D eigenvalue weighted by molar-refractivity contribution is 6.01. The van der Waals surface area contributed by atoms with E-state index >= 15 is 0 Å². The van der Waals surface area contributed by atoms with Gasteiger partial charge in [-0.05, 0) is 30.3 Å². The minimum absolute atomic E-state index is 0.00464. The second-order valence-electron chi connectivity index (χ2n) is 8.42. The first-order chi connectivity index (χ1) is 18.0. The maximum absolute atomic E-state index is 13.6. The molecule has 0 saturated heterocycles. The molecule has 4 aromatic rings. The topological polar surface area (TPSA) is 129 Å². The van der Waals surface area contributed by atoms with Crippen molar-refractivity contribution in [1.82, 2.24) is 19.9 Å². The number of nitrogens with one attached hydrogen (secondary N) is 1. The SMILES string of the molecule is CN(C(=O)O)c1nc2ccc(C3(OC(=O)C(F)(F)F)c4ccccc4C(=O)N3Cc3ccccn3)cc2[nH]1. The fraction of sp³-hybridized carbons (Fsp3) is 0.160. The molecule has 2 aromatic carbocycles. The lowest BCUT2D eigenvalue weighted by Gasteiger charge is -2.38. The molecule has 1 atom stereocenters. The number of carbonyl (C=O) groups is 3. The van der Waals surface area contributed by atoms with Crippen LogP contribution in [0.2, 0.25) is 0 Å². The zero-order chi connectivity index (χ0) is 27.2. The molecule has 1 unspecified atom stereocenters. The largest absolute Gasteiger partial charge is 0.491 e. The number of carbonyl (C=O) groups excluding carboxylic acids is 2. The second-order valence-corrected chi connectivity index (χ2v) is 8.42. The van der Waals surface area contributed by atoms with Crippen LogP contribution in [0.4, 0.5) is 23.9 Å². The molecule has 1 aliphatic heterocycles. The predicted molar refractivity (Wildman–Crippen MR) is 126 cm³/mol. The average molecular weight is 525 g/mol. The molecular formula is C25H18F3N5O5. The van der Waals surface area contributed by atoms with Gasteiger partial charge in [-0.3, -0.25) is 19.6 Å². The first-order valence-corrected chi connectivity index (χ1v) is 11.1. The summed E-state index contributed by atoms with van der Waals surface area (Å²) in [5, 5.41) is 9.27. The quantitative estimate of drug-likeness (QED) is 0.377. The third-order valence-electron chi connectivity index (χ3n) is 6.13. The standard InChI is InChI=1S/C25H18F3N5O5/c1-32(23(36)37)22-30-18-10-9-14(12-19(18)31-22)24(38-21(35)25(26,27)28)17-8-3-2-7-16(17)20(34)33(24)13-15-6-4-5-11-29-15/h2-12H,13H2,1H3,(H,30,31)(H,36,37). The number of esters is 1. The van der Waals surface area contributed by atoms with E-state index < -0.39 is 29.9 Å². The molecule has 0 bridgehead atoms. The van der Waals surface area contributed by atoms with Crippen LogP contribution < -0.4 is 4.90 Å². The van der Waals surface area contributed by atoms with Crippen molar-refractivity contribution in [3.8, 4) is 0 Å². The van der Waals surface area contributed by atoms with E-state index in [4.69, 9.17) is 4.74 Å². The predicted octanol–water partition coefficient (Wildman–Crippen LogP) is 4.03. The molecule has 1 aliphatic rings. The highest BCUT2D eigenvalue weighted by Gasteiger charge is 2.57. The van der Waals surface area contributed by atoms with Gasteiger partial charge in [0.15, 0.2) is 0 Å². The molecule has 0 radical (unpaired) electrons. The Bertz CT molecular complexity index is 1570. The Hall–Kier alpha value is -4.94. The van der Waals surface area contributed by atoms with Crippen molar-refractivity contribution in [2.45, 2.75) is 18.4 Å². The van der Waals surface area contributed by atoms with Gasteiger partial charge in [0.05, 0.1) is 23.3 Å². The Kier molecular flexibility index (Phi) is 5.77. The number of H-pyrrole nitrogens is 1. The first-order valence-electron chi connectivity index (χ1n) is 11.1. The Morgan fingerprint density at radius 1 is 1.13 bits per heavy atom. The van der Waals surface area contributed by atoms with Crippen LogP contribution >= 0.6 is 0 Å². The number of nitrogens with zero attached hydrogens (tertiary/aromatic N) is 4. The van der Waals surface area contributed by atoms with Gasteiger partial charge >= 0.3 is 18.2 Å². The van der Waals surface area contributed by atoms with Crippen LogP contribution in [-0.2, 0) is 21.8 Å². The highest BCUT2D eigenvalue weighted by Crippen LogP contribution is 2.47. The highest BCUT2D eigenvalue weighted by atomic mass is 19.4. The van der Waals surface area contributed by atoms with Crippen LogP contribution in [0, 0.1) is 0 Å². The van der Waals surface area contributed by atoms with Gasteiger partial charge < -0.3 is 14.8 Å². The second kappa shape index (κ2) is 8.87. The smallest absolute Gasteiger partial charge is 0.465 e. The summed E-state index contributed by atoms with van der Waals surface area (Å²) in [6.45, 7) is -0.284. The van der Waals surface area contributed by atoms with Crippen molar-refractivity contribution in [3.05, 3.63) is 89.2 Å². The fourth-order valence-electron chi connectivity index (χ4n) is 4.36. The summed E-state index contributed by atoms with van der Waals surface area (Å²) in [6.07, 6.45) is -5.19. The molecule has 3 heterocycles. The van der Waals surface area contributed by atoms with Crippen molar-refractivity contribution in [2.75, 3.05) is 11.9 Å². The van der Waals surface area contributed by atoms with Gasteiger partial charge in [0.25, 0.3) is 5.91 Å². The van der Waals surface area contributed by atoms with Gasteiger partial charge in [0, 0.05) is 29.9 Å². The first kappa shape index (κ1) is 24.7. The number of alkyl halides is 3. The van der Waals surface area contributed by atoms with Crippen LogP contribution in [-0.4, -0.2) is 56.2 Å². The number of hydrogen-bond acceptors (Lipinski definition) is 6. The molecule has 0 aliphatic carbocycles. The van der Waals surface area contributed by atoms with Crippen molar-refractivity contribution >= 4 is 35.0 Å². The Labute approximate surface area is 212 Å². The number of anilines is 1. The van der Waals surface area contributed by atoms with Crippen molar-refractivity contribution < 1.29 is 37.4 Å². The van der Waals surface area contributed by atoms with E-state index in [1.54, 1.807) is 24.3 Å². The lowest BCUT2D eigenvalue weighted by molar-refractivity contribution is -0.222. The Balaban J connectivity index is 1.75. The molecule has 0 spiro atoms. The number of aromatic amines is 1. The normalized spacial score (nSPS) is 16.9. The molecule has 2 aromatic heterocycles. The number of halogens is 3. The monoisotopic (exact) mass is 525 g/mol. The van der Waals surface area contributed by atoms with Crippen LogP contribution in [0.3, 0.4) is 0 Å². The van der Waals surface area contributed by atoms with E-state index in [1.807, 2.05) is 0 Å². The zero-order valence-corrected chi connectivity index (χ0v) is 19.6. The summed E-state index contributed by atoms with van der Waals surface area (Å²) in [6, 6.07) is 14.9. The summed E-state index contributed by atoms with van der Waals surface area (Å²) in [4.78, 5) is 50.3. The third-order valence-corrected chi connectivity index (χ3v) is 6.13. The minimum Gasteiger partial charge on any atom is -0.465 e. The Morgan fingerprint density at radius 2 is 1.87 bits per heavy atom. The van der Waals surface area contributed by atoms with Gasteiger partial charge in [-0.25, -0.2) is 14.6 Å². The average Bonchev–Trinajstić information content (AvgIpc) is 3.42. The van der Waals surface area contributed by atoms with Gasteiger partial charge in [0.2, 0.25) is 11.7 Å². The minimum atomic E-state index is -5.36. The number of pyridine rings is 1. The van der Waals surface area contributed by atoms with Crippen LogP contribution in [0.15, 0.2) is 66.9 Å². The number of imidazole rings is 1. The lowest BCUT2D eigenvalue weighted by atomic mass is 9.93.